The Hall–Kier alpha value is -2.18. The Balaban J connectivity index is 1.38. The number of rotatable bonds is 9. The minimum absolute atomic E-state index is 0.0419. The van der Waals surface area contributed by atoms with Crippen molar-refractivity contribution < 1.29 is 45.6 Å². The zero-order chi connectivity index (χ0) is 31.2. The number of hydrogen-bond acceptors (Lipinski definition) is 8. The summed E-state index contributed by atoms with van der Waals surface area (Å²) in [4.78, 5) is 40.5. The summed E-state index contributed by atoms with van der Waals surface area (Å²) in [6.07, 6.45) is 7.55. The van der Waals surface area contributed by atoms with Crippen LogP contribution in [-0.4, -0.2) is 42.7 Å². The van der Waals surface area contributed by atoms with Crippen molar-refractivity contribution in [2.24, 2.45) is 23.7 Å². The zero-order valence-corrected chi connectivity index (χ0v) is 27.6. The summed E-state index contributed by atoms with van der Waals surface area (Å²) < 4.78 is 71.5. The average Bonchev–Trinajstić information content (AvgIpc) is 3.70. The van der Waals surface area contributed by atoms with Gasteiger partial charge in [-0.25, -0.2) is 13.2 Å². The predicted octanol–water partition coefficient (Wildman–Crippen LogP) is 5.58. The highest BCUT2D eigenvalue weighted by atomic mass is 127. The van der Waals surface area contributed by atoms with Crippen LogP contribution in [0.2, 0.25) is 0 Å². The van der Waals surface area contributed by atoms with Gasteiger partial charge in [0, 0.05) is 7.14 Å². The van der Waals surface area contributed by atoms with Crippen molar-refractivity contribution in [2.45, 2.75) is 43.0 Å². The molecule has 0 aromatic heterocycles. The molecule has 5 rings (SSSR count). The number of allylic oxidation sites excluding steroid dienone is 2. The van der Waals surface area contributed by atoms with Gasteiger partial charge < -0.3 is 19.3 Å². The van der Waals surface area contributed by atoms with E-state index in [2.05, 4.69) is 10.1 Å². The van der Waals surface area contributed by atoms with E-state index in [0.29, 0.717) is 26.4 Å². The fourth-order valence-corrected chi connectivity index (χ4v) is 8.45. The molecule has 2 fully saturated rings. The molecular weight excluding hydrogens is 814 g/mol. The smallest absolute Gasteiger partial charge is 0.367 e. The first-order valence-corrected chi connectivity index (χ1v) is 17.1. The van der Waals surface area contributed by atoms with Crippen molar-refractivity contribution in [3.05, 3.63) is 72.9 Å². The first-order valence-electron chi connectivity index (χ1n) is 13.5. The lowest BCUT2D eigenvalue weighted by molar-refractivity contribution is -0.169. The summed E-state index contributed by atoms with van der Waals surface area (Å²) in [5.41, 5.74) is -0.213. The van der Waals surface area contributed by atoms with Crippen LogP contribution in [-0.2, 0) is 34.8 Å². The van der Waals surface area contributed by atoms with Crippen LogP contribution in [0.4, 0.5) is 14.5 Å². The summed E-state index contributed by atoms with van der Waals surface area (Å²) in [5.74, 6) is -4.43. The van der Waals surface area contributed by atoms with Crippen LogP contribution in [0.5, 0.6) is 0 Å². The number of carbonyl (C=O) groups is 3. The van der Waals surface area contributed by atoms with Gasteiger partial charge in [-0.2, -0.15) is 8.78 Å². The molecule has 2 saturated carbocycles. The van der Waals surface area contributed by atoms with Gasteiger partial charge in [0.05, 0.1) is 23.1 Å². The molecule has 2 bridgehead atoms. The van der Waals surface area contributed by atoms with Gasteiger partial charge in [-0.3, -0.25) is 9.59 Å². The molecule has 43 heavy (non-hydrogen) atoms. The quantitative estimate of drug-likeness (QED) is 0.150. The highest BCUT2D eigenvalue weighted by Crippen LogP contribution is 2.51. The van der Waals surface area contributed by atoms with E-state index in [1.165, 1.54) is 6.07 Å². The summed E-state index contributed by atoms with van der Waals surface area (Å²) in [6, 6.07) is 12.5. The molecule has 0 aliphatic heterocycles. The van der Waals surface area contributed by atoms with E-state index in [9.17, 15) is 36.1 Å². The maximum absolute atomic E-state index is 13.8. The van der Waals surface area contributed by atoms with Crippen LogP contribution >= 0.6 is 45.2 Å². The van der Waals surface area contributed by atoms with E-state index in [1.54, 1.807) is 6.07 Å². The van der Waals surface area contributed by atoms with E-state index < -0.39 is 57.3 Å². The number of alkyl halides is 2. The number of carbonyl (C=O) groups excluding carboxylic acids is 3. The summed E-state index contributed by atoms with van der Waals surface area (Å²) in [6.45, 7) is -1.98. The number of esters is 2. The zero-order valence-electron chi connectivity index (χ0n) is 22.4. The third-order valence-electron chi connectivity index (χ3n) is 8.30. The number of nitrogens with one attached hydrogen (secondary N) is 1. The highest BCUT2D eigenvalue weighted by molar-refractivity contribution is 14.1. The van der Waals surface area contributed by atoms with Crippen molar-refractivity contribution in [3.8, 4) is 0 Å². The Morgan fingerprint density at radius 2 is 1.65 bits per heavy atom. The van der Waals surface area contributed by atoms with Crippen LogP contribution in [0.15, 0.2) is 54.6 Å². The molecule has 230 valence electrons. The standard InChI is InChI=1S/C29H27F2I2NO8S/c30-29(31,43(38,39)40)15-41-26(36)20-13-19(32)14-21(33)24(20)34-25(35)22-16-8-9-17(12-16)23(22)27(37)42-28(10-4-5-11-28)18-6-2-1-3-7-18/h1-3,6-9,13-14,16-17,22-23H,4-5,10-12,15H2,(H,34,35)(H,38,39,40)/p-1. The van der Waals surface area contributed by atoms with Crippen molar-refractivity contribution in [2.75, 3.05) is 11.9 Å². The number of amides is 1. The number of anilines is 1. The van der Waals surface area contributed by atoms with Crippen molar-refractivity contribution in [1.29, 1.82) is 0 Å². The highest BCUT2D eigenvalue weighted by Gasteiger charge is 2.54. The van der Waals surface area contributed by atoms with E-state index in [0.717, 1.165) is 18.4 Å². The van der Waals surface area contributed by atoms with Gasteiger partial charge in [0.2, 0.25) is 5.91 Å². The SMILES string of the molecule is O=C(OCC(F)(F)S(=O)(=O)[O-])c1cc(I)cc(I)c1NC(=O)C1C2C=CC(C2)C1C(=O)OC1(c2ccccc2)CCCC1. The molecule has 0 saturated heterocycles. The maximum Gasteiger partial charge on any atom is 0.367 e. The van der Waals surface area contributed by atoms with Gasteiger partial charge in [0.15, 0.2) is 16.7 Å². The Bertz CT molecular complexity index is 1580. The second-order valence-corrected chi connectivity index (χ2v) is 14.9. The van der Waals surface area contributed by atoms with Gasteiger partial charge >= 0.3 is 17.2 Å². The molecule has 0 radical (unpaired) electrons. The van der Waals surface area contributed by atoms with Gasteiger partial charge in [-0.15, -0.1) is 0 Å². The topological polar surface area (TPSA) is 139 Å². The summed E-state index contributed by atoms with van der Waals surface area (Å²) in [7, 11) is -6.07. The average molecular weight is 840 g/mol. The second-order valence-electron chi connectivity index (χ2n) is 11.0. The number of hydrogen-bond donors (Lipinski definition) is 1. The minimum atomic E-state index is -6.07. The minimum Gasteiger partial charge on any atom is -0.743 e. The Morgan fingerprint density at radius 3 is 2.28 bits per heavy atom. The van der Waals surface area contributed by atoms with Crippen LogP contribution in [0, 0.1) is 30.8 Å². The first-order chi connectivity index (χ1) is 20.2. The molecule has 9 nitrogen and oxygen atoms in total. The predicted molar refractivity (Wildman–Crippen MR) is 166 cm³/mol. The number of halogens is 4. The molecule has 3 aliphatic carbocycles. The fourth-order valence-electron chi connectivity index (χ4n) is 6.27. The largest absolute Gasteiger partial charge is 0.743 e. The molecule has 14 heteroatoms. The molecule has 1 amide bonds. The Morgan fingerprint density at radius 1 is 1.02 bits per heavy atom. The van der Waals surface area contributed by atoms with Gasteiger partial charge in [-0.1, -0.05) is 42.5 Å². The third kappa shape index (κ3) is 6.47. The normalized spacial score (nSPS) is 24.1. The lowest BCUT2D eigenvalue weighted by atomic mass is 9.81. The lowest BCUT2D eigenvalue weighted by Crippen LogP contribution is -2.41. The fraction of sp³-hybridized carbons (Fsp3) is 0.414. The molecule has 4 atom stereocenters. The van der Waals surface area contributed by atoms with Crippen molar-refractivity contribution in [3.63, 3.8) is 0 Å². The Kier molecular flexibility index (Phi) is 9.22. The van der Waals surface area contributed by atoms with Crippen LogP contribution in [0.25, 0.3) is 0 Å². The van der Waals surface area contributed by atoms with Gasteiger partial charge in [-0.05, 0) is 107 Å². The summed E-state index contributed by atoms with van der Waals surface area (Å²) in [5, 5.41) is -2.13. The van der Waals surface area contributed by atoms with E-state index in [-0.39, 0.29) is 23.1 Å². The van der Waals surface area contributed by atoms with Crippen LogP contribution in [0.1, 0.15) is 48.0 Å². The molecule has 0 spiro atoms. The molecule has 3 aliphatic rings. The number of benzene rings is 2. The lowest BCUT2D eigenvalue weighted by Gasteiger charge is -2.34. The van der Waals surface area contributed by atoms with Gasteiger partial charge in [0.25, 0.3) is 0 Å². The van der Waals surface area contributed by atoms with Crippen LogP contribution in [0.3, 0.4) is 0 Å². The monoisotopic (exact) mass is 840 g/mol. The Labute approximate surface area is 274 Å². The first kappa shape index (κ1) is 32.2. The van der Waals surface area contributed by atoms with E-state index in [4.69, 9.17) is 4.74 Å². The molecule has 4 unspecified atom stereocenters. The molecule has 2 aromatic rings. The van der Waals surface area contributed by atoms with E-state index in [1.807, 2.05) is 87.7 Å². The number of ether oxygens (including phenoxy) is 2. The number of fused-ring (bicyclic) bond motifs is 2. The molecule has 1 N–H and O–H groups in total. The second kappa shape index (κ2) is 12.3. The summed E-state index contributed by atoms with van der Waals surface area (Å²) >= 11 is 3.73. The van der Waals surface area contributed by atoms with E-state index >= 15 is 0 Å². The molecule has 2 aromatic carbocycles. The molecule has 0 heterocycles. The third-order valence-corrected chi connectivity index (χ3v) is 10.6. The maximum atomic E-state index is 13.8. The van der Waals surface area contributed by atoms with Crippen LogP contribution < -0.4 is 5.32 Å². The van der Waals surface area contributed by atoms with Crippen molar-refractivity contribution in [1.82, 2.24) is 0 Å². The molecular formula is C29H26F2I2NO8S-. The van der Waals surface area contributed by atoms with Gasteiger partial charge in [0.1, 0.15) is 5.60 Å². The van der Waals surface area contributed by atoms with Crippen molar-refractivity contribution >= 4 is 78.8 Å².